The van der Waals surface area contributed by atoms with Crippen molar-refractivity contribution in [2.45, 2.75) is 57.5 Å². The molecular weight excluding hydrogens is 214 g/mol. The molecule has 0 amide bonds. The Morgan fingerprint density at radius 2 is 2.00 bits per heavy atom. The predicted octanol–water partition coefficient (Wildman–Crippen LogP) is 2.36. The summed E-state index contributed by atoms with van der Waals surface area (Å²) in [5.41, 5.74) is 0. The summed E-state index contributed by atoms with van der Waals surface area (Å²) in [6.45, 7) is 3.45. The largest absolute Gasteiger partial charge is 0.481 e. The van der Waals surface area contributed by atoms with E-state index in [1.807, 2.05) is 0 Å². The number of nitrogens with zero attached hydrogens (tertiary/aromatic N) is 1. The van der Waals surface area contributed by atoms with Crippen molar-refractivity contribution < 1.29 is 9.90 Å². The van der Waals surface area contributed by atoms with E-state index in [9.17, 15) is 9.90 Å². The van der Waals surface area contributed by atoms with Crippen molar-refractivity contribution in [3.05, 3.63) is 0 Å². The van der Waals surface area contributed by atoms with Gasteiger partial charge in [0.2, 0.25) is 0 Å². The first-order valence-electron chi connectivity index (χ1n) is 7.13. The molecule has 0 aromatic carbocycles. The van der Waals surface area contributed by atoms with Crippen LogP contribution in [0.15, 0.2) is 0 Å². The molecule has 3 heteroatoms. The number of likely N-dealkylation sites (tertiary alicyclic amines) is 1. The minimum Gasteiger partial charge on any atom is -0.481 e. The van der Waals surface area contributed by atoms with E-state index in [4.69, 9.17) is 0 Å². The molecule has 2 saturated carbocycles. The first-order chi connectivity index (χ1) is 8.15. The Balaban J connectivity index is 1.76. The van der Waals surface area contributed by atoms with Crippen LogP contribution in [0.1, 0.15) is 45.4 Å². The maximum atomic E-state index is 11.4. The topological polar surface area (TPSA) is 40.5 Å². The molecule has 1 aliphatic heterocycles. The van der Waals surface area contributed by atoms with Gasteiger partial charge in [-0.25, -0.2) is 0 Å². The number of hydrogen-bond acceptors (Lipinski definition) is 2. The number of hydrogen-bond donors (Lipinski definition) is 1. The van der Waals surface area contributed by atoms with E-state index in [0.717, 1.165) is 25.2 Å². The highest BCUT2D eigenvalue weighted by molar-refractivity contribution is 5.71. The van der Waals surface area contributed by atoms with Crippen LogP contribution in [-0.2, 0) is 4.79 Å². The van der Waals surface area contributed by atoms with Gasteiger partial charge in [0.15, 0.2) is 0 Å². The zero-order valence-corrected chi connectivity index (χ0v) is 10.6. The monoisotopic (exact) mass is 237 g/mol. The van der Waals surface area contributed by atoms with Crippen molar-refractivity contribution in [1.82, 2.24) is 4.90 Å². The molecule has 3 fully saturated rings. The molecule has 3 rings (SSSR count). The zero-order chi connectivity index (χ0) is 12.0. The van der Waals surface area contributed by atoms with Gasteiger partial charge in [-0.3, -0.25) is 9.69 Å². The fourth-order valence-corrected chi connectivity index (χ4v) is 4.37. The Bertz CT molecular complexity index is 317. The summed E-state index contributed by atoms with van der Waals surface area (Å²) in [5.74, 6) is 0.900. The van der Waals surface area contributed by atoms with E-state index in [2.05, 4.69) is 11.8 Å². The summed E-state index contributed by atoms with van der Waals surface area (Å²) in [5, 5.41) is 9.40. The molecule has 0 aromatic heterocycles. The second-order valence-electron chi connectivity index (χ2n) is 6.46. The van der Waals surface area contributed by atoms with Gasteiger partial charge in [-0.15, -0.1) is 0 Å². The SMILES string of the molecule is CC1CCC(C(=O)O)C(N2CC3CCC2C3)C1. The predicted molar refractivity (Wildman–Crippen MR) is 65.8 cm³/mol. The molecule has 1 N–H and O–H groups in total. The molecule has 5 unspecified atom stereocenters. The van der Waals surface area contributed by atoms with Crippen LogP contribution in [-0.4, -0.2) is 34.6 Å². The third-order valence-electron chi connectivity index (χ3n) is 5.27. The number of piperidine rings is 1. The maximum absolute atomic E-state index is 11.4. The lowest BCUT2D eigenvalue weighted by molar-refractivity contribution is -0.146. The van der Waals surface area contributed by atoms with E-state index < -0.39 is 5.97 Å². The average Bonchev–Trinajstić information content (AvgIpc) is 2.90. The number of fused-ring (bicyclic) bond motifs is 2. The number of aliphatic carboxylic acids is 1. The molecule has 2 bridgehead atoms. The molecule has 5 atom stereocenters. The molecule has 3 aliphatic rings. The summed E-state index contributed by atoms with van der Waals surface area (Å²) in [7, 11) is 0. The number of carbonyl (C=O) groups is 1. The van der Waals surface area contributed by atoms with Gasteiger partial charge in [0.05, 0.1) is 5.92 Å². The van der Waals surface area contributed by atoms with E-state index in [1.165, 1.54) is 25.8 Å². The van der Waals surface area contributed by atoms with E-state index in [0.29, 0.717) is 18.0 Å². The molecule has 3 nitrogen and oxygen atoms in total. The van der Waals surface area contributed by atoms with Gasteiger partial charge in [-0.1, -0.05) is 6.92 Å². The lowest BCUT2D eigenvalue weighted by Gasteiger charge is -2.42. The third kappa shape index (κ3) is 1.99. The summed E-state index contributed by atoms with van der Waals surface area (Å²) in [6.07, 6.45) is 7.09. The highest BCUT2D eigenvalue weighted by Gasteiger charge is 2.46. The lowest BCUT2D eigenvalue weighted by Crippen LogP contribution is -2.50. The van der Waals surface area contributed by atoms with Crippen LogP contribution >= 0.6 is 0 Å². The van der Waals surface area contributed by atoms with E-state index >= 15 is 0 Å². The van der Waals surface area contributed by atoms with Crippen molar-refractivity contribution in [2.24, 2.45) is 17.8 Å². The molecule has 96 valence electrons. The van der Waals surface area contributed by atoms with Crippen molar-refractivity contribution in [3.63, 3.8) is 0 Å². The van der Waals surface area contributed by atoms with Crippen LogP contribution in [0.25, 0.3) is 0 Å². The van der Waals surface area contributed by atoms with Gasteiger partial charge in [0, 0.05) is 18.6 Å². The normalized spacial score (nSPS) is 46.3. The van der Waals surface area contributed by atoms with Crippen molar-refractivity contribution >= 4 is 5.97 Å². The minimum atomic E-state index is -0.565. The van der Waals surface area contributed by atoms with E-state index in [-0.39, 0.29) is 5.92 Å². The third-order valence-corrected chi connectivity index (χ3v) is 5.27. The van der Waals surface area contributed by atoms with Gasteiger partial charge >= 0.3 is 5.97 Å². The second kappa shape index (κ2) is 4.27. The van der Waals surface area contributed by atoms with Crippen molar-refractivity contribution in [2.75, 3.05) is 6.54 Å². The number of carboxylic acid groups (broad SMARTS) is 1. The Morgan fingerprint density at radius 1 is 1.18 bits per heavy atom. The summed E-state index contributed by atoms with van der Waals surface area (Å²) < 4.78 is 0. The Morgan fingerprint density at radius 3 is 2.59 bits per heavy atom. The number of rotatable bonds is 2. The van der Waals surface area contributed by atoms with Gasteiger partial charge in [0.1, 0.15) is 0 Å². The summed E-state index contributed by atoms with van der Waals surface area (Å²) >= 11 is 0. The van der Waals surface area contributed by atoms with E-state index in [1.54, 1.807) is 0 Å². The lowest BCUT2D eigenvalue weighted by atomic mass is 9.77. The van der Waals surface area contributed by atoms with Gasteiger partial charge < -0.3 is 5.11 Å². The zero-order valence-electron chi connectivity index (χ0n) is 10.6. The van der Waals surface area contributed by atoms with Crippen molar-refractivity contribution in [3.8, 4) is 0 Å². The van der Waals surface area contributed by atoms with Crippen LogP contribution < -0.4 is 0 Å². The minimum absolute atomic E-state index is 0.106. The standard InChI is InChI=1S/C14H23NO2/c1-9-2-5-12(14(16)17)13(6-9)15-8-10-3-4-11(15)7-10/h9-13H,2-8H2,1H3,(H,16,17). The Labute approximate surface area is 103 Å². The van der Waals surface area contributed by atoms with Crippen LogP contribution in [0.3, 0.4) is 0 Å². The summed E-state index contributed by atoms with van der Waals surface area (Å²) in [6, 6.07) is 1.03. The van der Waals surface area contributed by atoms with Crippen LogP contribution in [0.4, 0.5) is 0 Å². The number of carboxylic acids is 1. The van der Waals surface area contributed by atoms with Gasteiger partial charge in [-0.2, -0.15) is 0 Å². The first kappa shape index (κ1) is 11.5. The fraction of sp³-hybridized carbons (Fsp3) is 0.929. The van der Waals surface area contributed by atoms with Crippen LogP contribution in [0, 0.1) is 17.8 Å². The first-order valence-corrected chi connectivity index (χ1v) is 7.13. The summed E-state index contributed by atoms with van der Waals surface area (Å²) in [4.78, 5) is 14.0. The molecule has 17 heavy (non-hydrogen) atoms. The molecule has 1 saturated heterocycles. The molecule has 1 heterocycles. The average molecular weight is 237 g/mol. The molecular formula is C14H23NO2. The Hall–Kier alpha value is -0.570. The molecule has 0 spiro atoms. The smallest absolute Gasteiger partial charge is 0.308 e. The maximum Gasteiger partial charge on any atom is 0.308 e. The molecule has 0 aromatic rings. The van der Waals surface area contributed by atoms with Crippen LogP contribution in [0.2, 0.25) is 0 Å². The van der Waals surface area contributed by atoms with Crippen LogP contribution in [0.5, 0.6) is 0 Å². The highest BCUT2D eigenvalue weighted by atomic mass is 16.4. The molecule has 2 aliphatic carbocycles. The highest BCUT2D eigenvalue weighted by Crippen LogP contribution is 2.43. The molecule has 0 radical (unpaired) electrons. The van der Waals surface area contributed by atoms with Crippen molar-refractivity contribution in [1.29, 1.82) is 0 Å². The van der Waals surface area contributed by atoms with Gasteiger partial charge in [0.25, 0.3) is 0 Å². The second-order valence-corrected chi connectivity index (χ2v) is 6.46. The fourth-order valence-electron chi connectivity index (χ4n) is 4.37. The Kier molecular flexibility index (Phi) is 2.89. The quantitative estimate of drug-likeness (QED) is 0.801. The van der Waals surface area contributed by atoms with Gasteiger partial charge in [-0.05, 0) is 50.4 Å².